The molecule has 1 nitrogen and oxygen atoms in total. The lowest BCUT2D eigenvalue weighted by atomic mass is 9.87. The first kappa shape index (κ1) is 13.7. The van der Waals surface area contributed by atoms with Crippen molar-refractivity contribution >= 4 is 18.3 Å². The predicted octanol–water partition coefficient (Wildman–Crippen LogP) is 4.14. The number of rotatable bonds is 5. The topological polar surface area (TPSA) is 3.24 Å². The molecule has 18 heavy (non-hydrogen) atoms. The second-order valence-corrected chi connectivity index (χ2v) is 5.68. The molecule has 0 bridgehead atoms. The van der Waals surface area contributed by atoms with Crippen LogP contribution >= 0.6 is 12.6 Å². The zero-order valence-corrected chi connectivity index (χ0v) is 11.9. The van der Waals surface area contributed by atoms with Gasteiger partial charge in [-0.2, -0.15) is 12.6 Å². The van der Waals surface area contributed by atoms with Crippen LogP contribution in [0.15, 0.2) is 24.3 Å². The quantitative estimate of drug-likeness (QED) is 0.785. The molecule has 1 aromatic carbocycles. The largest absolute Gasteiger partial charge is 0.371 e. The van der Waals surface area contributed by atoms with E-state index in [2.05, 4.69) is 24.5 Å². The Kier molecular flexibility index (Phi) is 4.55. The van der Waals surface area contributed by atoms with Crippen LogP contribution in [0, 0.1) is 11.2 Å². The molecule has 0 unspecified atom stereocenters. The number of halogens is 1. The summed E-state index contributed by atoms with van der Waals surface area (Å²) in [4.78, 5) is 2.28. The van der Waals surface area contributed by atoms with Gasteiger partial charge in [0.05, 0.1) is 0 Å². The fourth-order valence-corrected chi connectivity index (χ4v) is 3.37. The Bertz CT molecular complexity index is 388. The first-order chi connectivity index (χ1) is 8.69. The average molecular weight is 267 g/mol. The van der Waals surface area contributed by atoms with Crippen molar-refractivity contribution in [3.05, 3.63) is 30.1 Å². The number of benzene rings is 1. The van der Waals surface area contributed by atoms with E-state index in [1.165, 1.54) is 31.7 Å². The van der Waals surface area contributed by atoms with E-state index < -0.39 is 0 Å². The van der Waals surface area contributed by atoms with Crippen molar-refractivity contribution in [2.45, 2.75) is 32.6 Å². The van der Waals surface area contributed by atoms with Crippen molar-refractivity contribution in [3.8, 4) is 0 Å². The van der Waals surface area contributed by atoms with Gasteiger partial charge in [0.25, 0.3) is 0 Å². The van der Waals surface area contributed by atoms with E-state index in [9.17, 15) is 4.39 Å². The SMILES string of the molecule is CCN(CC1(CS)CCCC1)c1cccc(F)c1. The van der Waals surface area contributed by atoms with Crippen molar-refractivity contribution < 1.29 is 4.39 Å². The highest BCUT2D eigenvalue weighted by molar-refractivity contribution is 7.80. The fraction of sp³-hybridized carbons (Fsp3) is 0.600. The van der Waals surface area contributed by atoms with Gasteiger partial charge in [0.2, 0.25) is 0 Å². The molecule has 1 aromatic rings. The van der Waals surface area contributed by atoms with Crippen LogP contribution in [0.25, 0.3) is 0 Å². The zero-order valence-electron chi connectivity index (χ0n) is 11.0. The lowest BCUT2D eigenvalue weighted by molar-refractivity contribution is 0.349. The maximum atomic E-state index is 13.3. The average Bonchev–Trinajstić information content (AvgIpc) is 2.85. The molecule has 1 aliphatic carbocycles. The van der Waals surface area contributed by atoms with Gasteiger partial charge >= 0.3 is 0 Å². The molecule has 0 heterocycles. The lowest BCUT2D eigenvalue weighted by Crippen LogP contribution is -2.37. The molecule has 2 rings (SSSR count). The Hall–Kier alpha value is -0.700. The molecule has 1 aliphatic rings. The van der Waals surface area contributed by atoms with E-state index in [0.717, 1.165) is 24.5 Å². The van der Waals surface area contributed by atoms with Gasteiger partial charge in [-0.1, -0.05) is 18.9 Å². The number of hydrogen-bond acceptors (Lipinski definition) is 2. The summed E-state index contributed by atoms with van der Waals surface area (Å²) in [5.41, 5.74) is 1.32. The highest BCUT2D eigenvalue weighted by Crippen LogP contribution is 2.40. The van der Waals surface area contributed by atoms with E-state index in [0.29, 0.717) is 5.41 Å². The summed E-state index contributed by atoms with van der Waals surface area (Å²) in [6.45, 7) is 4.04. The van der Waals surface area contributed by atoms with Crippen molar-refractivity contribution in [3.63, 3.8) is 0 Å². The van der Waals surface area contributed by atoms with Crippen LogP contribution in [0.1, 0.15) is 32.6 Å². The summed E-state index contributed by atoms with van der Waals surface area (Å²) >= 11 is 4.55. The maximum Gasteiger partial charge on any atom is 0.125 e. The van der Waals surface area contributed by atoms with Crippen molar-refractivity contribution in [1.82, 2.24) is 0 Å². The lowest BCUT2D eigenvalue weighted by Gasteiger charge is -2.35. The second kappa shape index (κ2) is 5.96. The molecule has 0 amide bonds. The van der Waals surface area contributed by atoms with Crippen molar-refractivity contribution in [2.75, 3.05) is 23.7 Å². The van der Waals surface area contributed by atoms with Gasteiger partial charge in [-0.05, 0) is 49.1 Å². The van der Waals surface area contributed by atoms with Gasteiger partial charge in [-0.15, -0.1) is 0 Å². The fourth-order valence-electron chi connectivity index (χ4n) is 2.95. The van der Waals surface area contributed by atoms with E-state index in [1.54, 1.807) is 12.1 Å². The summed E-state index contributed by atoms with van der Waals surface area (Å²) in [5, 5.41) is 0. The molecule has 1 saturated carbocycles. The van der Waals surface area contributed by atoms with Crippen LogP contribution in [0.4, 0.5) is 10.1 Å². The van der Waals surface area contributed by atoms with Gasteiger partial charge in [-0.25, -0.2) is 4.39 Å². The van der Waals surface area contributed by atoms with Crippen LogP contribution < -0.4 is 4.90 Å². The Morgan fingerprint density at radius 3 is 2.61 bits per heavy atom. The third-order valence-electron chi connectivity index (χ3n) is 4.08. The molecule has 0 saturated heterocycles. The summed E-state index contributed by atoms with van der Waals surface area (Å²) in [7, 11) is 0. The number of hydrogen-bond donors (Lipinski definition) is 1. The van der Waals surface area contributed by atoms with Gasteiger partial charge < -0.3 is 4.90 Å². The zero-order chi connectivity index (χ0) is 13.0. The first-order valence-corrected chi connectivity index (χ1v) is 7.44. The van der Waals surface area contributed by atoms with E-state index >= 15 is 0 Å². The predicted molar refractivity (Wildman–Crippen MR) is 79.0 cm³/mol. The van der Waals surface area contributed by atoms with Crippen LogP contribution in [0.3, 0.4) is 0 Å². The van der Waals surface area contributed by atoms with Crippen LogP contribution in [-0.4, -0.2) is 18.8 Å². The highest BCUT2D eigenvalue weighted by Gasteiger charge is 2.34. The van der Waals surface area contributed by atoms with Crippen LogP contribution in [-0.2, 0) is 0 Å². The van der Waals surface area contributed by atoms with E-state index in [4.69, 9.17) is 0 Å². The Balaban J connectivity index is 2.14. The maximum absolute atomic E-state index is 13.3. The number of anilines is 1. The molecule has 0 radical (unpaired) electrons. The van der Waals surface area contributed by atoms with E-state index in [-0.39, 0.29) is 5.82 Å². The minimum absolute atomic E-state index is 0.155. The molecule has 1 fully saturated rings. The smallest absolute Gasteiger partial charge is 0.125 e. The molecule has 100 valence electrons. The monoisotopic (exact) mass is 267 g/mol. The van der Waals surface area contributed by atoms with Crippen molar-refractivity contribution in [1.29, 1.82) is 0 Å². The standard InChI is InChI=1S/C15H22FNS/c1-2-17(14-7-5-6-13(16)10-14)11-15(12-18)8-3-4-9-15/h5-7,10,18H,2-4,8-9,11-12H2,1H3. The normalized spacial score (nSPS) is 17.9. The Labute approximate surface area is 115 Å². The highest BCUT2D eigenvalue weighted by atomic mass is 32.1. The minimum atomic E-state index is -0.155. The van der Waals surface area contributed by atoms with Gasteiger partial charge in [0, 0.05) is 18.8 Å². The summed E-state index contributed by atoms with van der Waals surface area (Å²) in [6, 6.07) is 6.91. The number of thiol groups is 1. The minimum Gasteiger partial charge on any atom is -0.371 e. The molecule has 0 N–H and O–H groups in total. The Morgan fingerprint density at radius 2 is 2.06 bits per heavy atom. The molecular weight excluding hydrogens is 245 g/mol. The third kappa shape index (κ3) is 3.00. The molecule has 0 atom stereocenters. The Morgan fingerprint density at radius 1 is 1.33 bits per heavy atom. The van der Waals surface area contributed by atoms with Crippen LogP contribution in [0.5, 0.6) is 0 Å². The molecule has 3 heteroatoms. The number of nitrogens with zero attached hydrogens (tertiary/aromatic N) is 1. The molecular formula is C15H22FNS. The molecule has 0 spiro atoms. The van der Waals surface area contributed by atoms with Gasteiger partial charge in [0.1, 0.15) is 5.82 Å². The first-order valence-electron chi connectivity index (χ1n) is 6.80. The van der Waals surface area contributed by atoms with Gasteiger partial charge in [0.15, 0.2) is 0 Å². The summed E-state index contributed by atoms with van der Waals surface area (Å²) in [6.07, 6.45) is 5.12. The second-order valence-electron chi connectivity index (χ2n) is 5.36. The van der Waals surface area contributed by atoms with E-state index in [1.807, 2.05) is 6.07 Å². The summed E-state index contributed by atoms with van der Waals surface area (Å²) in [5.74, 6) is 0.774. The summed E-state index contributed by atoms with van der Waals surface area (Å²) < 4.78 is 13.3. The van der Waals surface area contributed by atoms with Crippen LogP contribution in [0.2, 0.25) is 0 Å². The van der Waals surface area contributed by atoms with Crippen molar-refractivity contribution in [2.24, 2.45) is 5.41 Å². The van der Waals surface area contributed by atoms with Gasteiger partial charge in [-0.3, -0.25) is 0 Å². The molecule has 0 aliphatic heterocycles. The molecule has 0 aromatic heterocycles. The third-order valence-corrected chi connectivity index (χ3v) is 4.75.